The maximum Gasteiger partial charge on any atom is 0.206 e. The molecule has 1 N–H and O–H groups in total. The van der Waals surface area contributed by atoms with E-state index < -0.39 is 0 Å². The van der Waals surface area contributed by atoms with E-state index in [1.165, 1.54) is 35.9 Å². The van der Waals surface area contributed by atoms with E-state index in [2.05, 4.69) is 15.5 Å². The van der Waals surface area contributed by atoms with Crippen LogP contribution in [0.3, 0.4) is 0 Å². The molecule has 1 fully saturated rings. The van der Waals surface area contributed by atoms with Crippen LogP contribution in [0.4, 0.5) is 5.13 Å². The first-order valence-corrected chi connectivity index (χ1v) is 8.89. The fourth-order valence-electron chi connectivity index (χ4n) is 1.61. The lowest BCUT2D eigenvalue weighted by molar-refractivity contribution is 0.102. The summed E-state index contributed by atoms with van der Waals surface area (Å²) in [5.41, 5.74) is 0.553. The van der Waals surface area contributed by atoms with Gasteiger partial charge in [-0.1, -0.05) is 46.3 Å². The SMILES string of the molecule is O=C(CSc1nnc(NC2CC2)s1)c1ccc(Cl)c(Cl)c1. The molecule has 0 aliphatic heterocycles. The molecule has 0 spiro atoms. The van der Waals surface area contributed by atoms with E-state index in [4.69, 9.17) is 23.2 Å². The molecule has 21 heavy (non-hydrogen) atoms. The summed E-state index contributed by atoms with van der Waals surface area (Å²) in [7, 11) is 0. The van der Waals surface area contributed by atoms with Crippen LogP contribution in [0.1, 0.15) is 23.2 Å². The summed E-state index contributed by atoms with van der Waals surface area (Å²) in [4.78, 5) is 12.1. The van der Waals surface area contributed by atoms with Crippen molar-refractivity contribution in [3.8, 4) is 0 Å². The maximum absolute atomic E-state index is 12.1. The Morgan fingerprint density at radius 1 is 1.33 bits per heavy atom. The lowest BCUT2D eigenvalue weighted by atomic mass is 10.1. The molecule has 0 saturated heterocycles. The summed E-state index contributed by atoms with van der Waals surface area (Å²) in [5.74, 6) is 0.293. The molecule has 0 unspecified atom stereocenters. The van der Waals surface area contributed by atoms with Crippen molar-refractivity contribution in [1.82, 2.24) is 10.2 Å². The molecule has 110 valence electrons. The van der Waals surface area contributed by atoms with Crippen LogP contribution in [0.2, 0.25) is 10.0 Å². The van der Waals surface area contributed by atoms with Crippen LogP contribution >= 0.6 is 46.3 Å². The Bertz CT molecular complexity index is 673. The number of nitrogens with zero attached hydrogens (tertiary/aromatic N) is 2. The third kappa shape index (κ3) is 4.10. The third-order valence-corrected chi connectivity index (χ3v) is 5.61. The van der Waals surface area contributed by atoms with Gasteiger partial charge in [-0.3, -0.25) is 4.79 Å². The van der Waals surface area contributed by atoms with Crippen molar-refractivity contribution in [3.05, 3.63) is 33.8 Å². The Hall–Kier alpha value is -0.820. The van der Waals surface area contributed by atoms with Crippen LogP contribution in [0, 0.1) is 0 Å². The first kappa shape index (κ1) is 15.1. The second-order valence-electron chi connectivity index (χ2n) is 4.63. The normalized spacial score (nSPS) is 14.2. The summed E-state index contributed by atoms with van der Waals surface area (Å²) >= 11 is 14.6. The van der Waals surface area contributed by atoms with Gasteiger partial charge in [0.15, 0.2) is 10.1 Å². The summed E-state index contributed by atoms with van der Waals surface area (Å²) in [5, 5.41) is 13.1. The summed E-state index contributed by atoms with van der Waals surface area (Å²) in [6, 6.07) is 5.45. The lowest BCUT2D eigenvalue weighted by Crippen LogP contribution is -2.02. The number of hydrogen-bond donors (Lipinski definition) is 1. The average molecular weight is 360 g/mol. The van der Waals surface area contributed by atoms with Crippen molar-refractivity contribution >= 4 is 57.2 Å². The molecule has 0 amide bonds. The van der Waals surface area contributed by atoms with Crippen LogP contribution in [0.15, 0.2) is 22.5 Å². The van der Waals surface area contributed by atoms with Crippen molar-refractivity contribution in [2.45, 2.75) is 23.2 Å². The number of carbonyl (C=O) groups is 1. The van der Waals surface area contributed by atoms with Crippen molar-refractivity contribution in [2.24, 2.45) is 0 Å². The minimum absolute atomic E-state index is 0.00883. The predicted molar refractivity (Wildman–Crippen MR) is 88.1 cm³/mol. The Kier molecular flexibility index (Phi) is 4.69. The van der Waals surface area contributed by atoms with Gasteiger partial charge in [-0.05, 0) is 31.0 Å². The monoisotopic (exact) mass is 359 g/mol. The second-order valence-corrected chi connectivity index (χ2v) is 7.65. The highest BCUT2D eigenvalue weighted by Gasteiger charge is 2.22. The Morgan fingerprint density at radius 2 is 2.14 bits per heavy atom. The van der Waals surface area contributed by atoms with E-state index in [-0.39, 0.29) is 5.78 Å². The van der Waals surface area contributed by atoms with E-state index >= 15 is 0 Å². The van der Waals surface area contributed by atoms with E-state index in [0.29, 0.717) is 27.4 Å². The number of carbonyl (C=O) groups excluding carboxylic acids is 1. The summed E-state index contributed by atoms with van der Waals surface area (Å²) < 4.78 is 0.784. The van der Waals surface area contributed by atoms with E-state index in [1.807, 2.05) is 0 Å². The van der Waals surface area contributed by atoms with Crippen LogP contribution in [0.5, 0.6) is 0 Å². The number of aromatic nitrogens is 2. The molecule has 1 heterocycles. The number of rotatable bonds is 6. The standard InChI is InChI=1S/C13H11Cl2N3OS2/c14-9-4-1-7(5-10(9)15)11(19)6-20-13-18-17-12(21-13)16-8-2-3-8/h1,4-5,8H,2-3,6H2,(H,16,17). The third-order valence-electron chi connectivity index (χ3n) is 2.88. The van der Waals surface area contributed by atoms with Gasteiger partial charge in [0.05, 0.1) is 15.8 Å². The number of benzene rings is 1. The molecule has 0 atom stereocenters. The van der Waals surface area contributed by atoms with Gasteiger partial charge in [-0.15, -0.1) is 10.2 Å². The zero-order valence-corrected chi connectivity index (χ0v) is 14.0. The van der Waals surface area contributed by atoms with Gasteiger partial charge < -0.3 is 5.32 Å². The molecule has 3 rings (SSSR count). The number of halogens is 2. The van der Waals surface area contributed by atoms with E-state index in [0.717, 1.165) is 9.47 Å². The number of anilines is 1. The van der Waals surface area contributed by atoms with Gasteiger partial charge >= 0.3 is 0 Å². The van der Waals surface area contributed by atoms with Gasteiger partial charge in [-0.25, -0.2) is 0 Å². The molecule has 0 radical (unpaired) electrons. The number of hydrogen-bond acceptors (Lipinski definition) is 6. The molecule has 1 aromatic heterocycles. The van der Waals surface area contributed by atoms with Crippen LogP contribution in [-0.4, -0.2) is 27.8 Å². The Morgan fingerprint density at radius 3 is 2.86 bits per heavy atom. The van der Waals surface area contributed by atoms with Crippen LogP contribution in [-0.2, 0) is 0 Å². The van der Waals surface area contributed by atoms with Crippen molar-refractivity contribution < 1.29 is 4.79 Å². The average Bonchev–Trinajstić information content (AvgIpc) is 3.16. The molecular formula is C13H11Cl2N3OS2. The molecule has 8 heteroatoms. The van der Waals surface area contributed by atoms with Crippen molar-refractivity contribution in [3.63, 3.8) is 0 Å². The van der Waals surface area contributed by atoms with Crippen molar-refractivity contribution in [1.29, 1.82) is 0 Å². The van der Waals surface area contributed by atoms with Crippen molar-refractivity contribution in [2.75, 3.05) is 11.1 Å². The van der Waals surface area contributed by atoms with Crippen LogP contribution in [0.25, 0.3) is 0 Å². The van der Waals surface area contributed by atoms with E-state index in [1.54, 1.807) is 18.2 Å². The molecule has 1 aliphatic carbocycles. The van der Waals surface area contributed by atoms with Crippen LogP contribution < -0.4 is 5.32 Å². The fraction of sp³-hybridized carbons (Fsp3) is 0.308. The topological polar surface area (TPSA) is 54.9 Å². The predicted octanol–water partition coefficient (Wildman–Crippen LogP) is 4.39. The molecule has 1 saturated carbocycles. The smallest absolute Gasteiger partial charge is 0.206 e. The van der Waals surface area contributed by atoms with Gasteiger partial charge in [0.1, 0.15) is 0 Å². The summed E-state index contributed by atoms with van der Waals surface area (Å²) in [6.07, 6.45) is 2.38. The number of ketones is 1. The largest absolute Gasteiger partial charge is 0.357 e. The highest BCUT2D eigenvalue weighted by atomic mass is 35.5. The van der Waals surface area contributed by atoms with Gasteiger partial charge in [0.25, 0.3) is 0 Å². The Balaban J connectivity index is 1.57. The van der Waals surface area contributed by atoms with E-state index in [9.17, 15) is 4.79 Å². The minimum Gasteiger partial charge on any atom is -0.357 e. The Labute approximate surface area is 140 Å². The highest BCUT2D eigenvalue weighted by molar-refractivity contribution is 8.01. The fourth-order valence-corrected chi connectivity index (χ4v) is 3.63. The van der Waals surface area contributed by atoms with Gasteiger partial charge in [0, 0.05) is 11.6 Å². The molecular weight excluding hydrogens is 349 g/mol. The maximum atomic E-state index is 12.1. The first-order chi connectivity index (χ1) is 10.1. The molecule has 1 aromatic carbocycles. The molecule has 1 aliphatic rings. The molecule has 0 bridgehead atoms. The lowest BCUT2D eigenvalue weighted by Gasteiger charge is -2.01. The first-order valence-electron chi connectivity index (χ1n) is 6.33. The minimum atomic E-state index is -0.00883. The zero-order valence-electron chi connectivity index (χ0n) is 10.8. The number of thioether (sulfide) groups is 1. The summed E-state index contributed by atoms with van der Waals surface area (Å²) in [6.45, 7) is 0. The number of nitrogens with one attached hydrogen (secondary N) is 1. The highest BCUT2D eigenvalue weighted by Crippen LogP contribution is 2.30. The van der Waals surface area contributed by atoms with Gasteiger partial charge in [-0.2, -0.15) is 0 Å². The number of Topliss-reactive ketones (excluding diaryl/α,β-unsaturated/α-hetero) is 1. The second kappa shape index (κ2) is 6.52. The molecule has 4 nitrogen and oxygen atoms in total. The molecule has 2 aromatic rings. The quantitative estimate of drug-likeness (QED) is 0.611. The van der Waals surface area contributed by atoms with Gasteiger partial charge in [0.2, 0.25) is 5.13 Å². The zero-order chi connectivity index (χ0) is 14.8.